The highest BCUT2D eigenvalue weighted by molar-refractivity contribution is 6.58. The van der Waals surface area contributed by atoms with Crippen molar-refractivity contribution in [3.8, 4) is 0 Å². The monoisotopic (exact) mass is 454 g/mol. The average Bonchev–Trinajstić information content (AvgIpc) is 2.92. The van der Waals surface area contributed by atoms with Crippen molar-refractivity contribution in [1.82, 2.24) is 10.4 Å². The van der Waals surface area contributed by atoms with Crippen molar-refractivity contribution in [2.45, 2.75) is 60.4 Å². The van der Waals surface area contributed by atoms with Gasteiger partial charge in [-0.1, -0.05) is 51.5 Å². The van der Waals surface area contributed by atoms with Crippen molar-refractivity contribution in [3.63, 3.8) is 0 Å². The molecule has 0 fully saturated rings. The number of amides is 2. The summed E-state index contributed by atoms with van der Waals surface area (Å²) in [5.41, 5.74) is 4.82. The molecule has 0 saturated heterocycles. The van der Waals surface area contributed by atoms with Gasteiger partial charge in [0.1, 0.15) is 5.76 Å². The molecule has 2 rings (SSSR count). The summed E-state index contributed by atoms with van der Waals surface area (Å²) >= 11 is 0. The summed E-state index contributed by atoms with van der Waals surface area (Å²) in [5, 5.41) is 20.6. The van der Waals surface area contributed by atoms with Crippen LogP contribution in [0.2, 0.25) is 0 Å². The van der Waals surface area contributed by atoms with Gasteiger partial charge in [0.2, 0.25) is 0 Å². The van der Waals surface area contributed by atoms with Gasteiger partial charge in [-0.15, -0.1) is 0 Å². The molecule has 1 aromatic carbocycles. The second-order valence-corrected chi connectivity index (χ2v) is 9.38. The number of carbonyl (C=O) groups excluding carboxylic acids is 2. The van der Waals surface area contributed by atoms with Crippen molar-refractivity contribution in [1.29, 1.82) is 0 Å². The van der Waals surface area contributed by atoms with Crippen LogP contribution in [0.3, 0.4) is 0 Å². The van der Waals surface area contributed by atoms with Crippen LogP contribution in [0.25, 0.3) is 0 Å². The molecule has 2 amide bonds. The lowest BCUT2D eigenvalue weighted by molar-refractivity contribution is -0.122. The van der Waals surface area contributed by atoms with E-state index in [1.807, 2.05) is 40.7 Å². The number of methoxy groups -OCH3 is 1. The fraction of sp³-hybridized carbons (Fsp3) is 0.440. The number of carbonyl (C=O) groups is 2. The summed E-state index contributed by atoms with van der Waals surface area (Å²) < 4.78 is 5.44. The summed E-state index contributed by atoms with van der Waals surface area (Å²) in [6.45, 7) is 11.6. The van der Waals surface area contributed by atoms with E-state index in [-0.39, 0.29) is 22.5 Å². The fourth-order valence-corrected chi connectivity index (χ4v) is 4.10. The van der Waals surface area contributed by atoms with Crippen LogP contribution in [-0.4, -0.2) is 47.1 Å². The maximum Gasteiger partial charge on any atom is 0.488 e. The second kappa shape index (κ2) is 10.9. The van der Waals surface area contributed by atoms with Gasteiger partial charge in [0.15, 0.2) is 0 Å². The first kappa shape index (κ1) is 26.4. The van der Waals surface area contributed by atoms with E-state index < -0.39 is 18.9 Å². The molecule has 0 radical (unpaired) electrons. The molecule has 0 aliphatic heterocycles. The predicted octanol–water partition coefficient (Wildman–Crippen LogP) is 2.78. The zero-order valence-corrected chi connectivity index (χ0v) is 20.6. The number of rotatable bonds is 6. The molecule has 0 bridgehead atoms. The quantitative estimate of drug-likeness (QED) is 0.454. The molecular formula is C25H35BN2O5. The lowest BCUT2D eigenvalue weighted by atomic mass is 9.78. The van der Waals surface area contributed by atoms with Gasteiger partial charge in [-0.05, 0) is 54.9 Å². The maximum atomic E-state index is 13.7. The Morgan fingerprint density at radius 3 is 2.42 bits per heavy atom. The van der Waals surface area contributed by atoms with Crippen molar-refractivity contribution < 1.29 is 24.4 Å². The SMILES string of the molecule is CC[C@@H](N(NC(=O)C1=CC=CCC(OC)=C1C)C(=O)c1cc(C)cc(B(O)O)c1)C(C)(C)C. The van der Waals surface area contributed by atoms with E-state index in [1.54, 1.807) is 38.3 Å². The number of benzene rings is 1. The number of nitrogens with one attached hydrogen (secondary N) is 1. The lowest BCUT2D eigenvalue weighted by Gasteiger charge is -2.39. The van der Waals surface area contributed by atoms with Crippen molar-refractivity contribution >= 4 is 24.4 Å². The summed E-state index contributed by atoms with van der Waals surface area (Å²) in [6.07, 6.45) is 6.60. The topological polar surface area (TPSA) is 99.1 Å². The first-order valence-corrected chi connectivity index (χ1v) is 11.1. The van der Waals surface area contributed by atoms with Crippen LogP contribution in [0.1, 0.15) is 63.4 Å². The van der Waals surface area contributed by atoms with E-state index in [4.69, 9.17) is 4.74 Å². The summed E-state index contributed by atoms with van der Waals surface area (Å²) in [6, 6.07) is 4.40. The van der Waals surface area contributed by atoms with E-state index in [0.717, 1.165) is 0 Å². The summed E-state index contributed by atoms with van der Waals surface area (Å²) in [7, 11) is -0.131. The van der Waals surface area contributed by atoms with Gasteiger partial charge in [0, 0.05) is 17.6 Å². The fourth-order valence-electron chi connectivity index (χ4n) is 4.10. The third-order valence-electron chi connectivity index (χ3n) is 5.80. The highest BCUT2D eigenvalue weighted by Gasteiger charge is 2.35. The highest BCUT2D eigenvalue weighted by Crippen LogP contribution is 2.28. The lowest BCUT2D eigenvalue weighted by Crippen LogP contribution is -2.56. The zero-order valence-electron chi connectivity index (χ0n) is 20.6. The van der Waals surface area contributed by atoms with Crippen molar-refractivity contribution in [3.05, 3.63) is 64.5 Å². The largest absolute Gasteiger partial charge is 0.500 e. The van der Waals surface area contributed by atoms with Gasteiger partial charge in [-0.2, -0.15) is 0 Å². The van der Waals surface area contributed by atoms with Gasteiger partial charge >= 0.3 is 7.12 Å². The number of hydrazine groups is 1. The molecule has 0 unspecified atom stereocenters. The van der Waals surface area contributed by atoms with Crippen LogP contribution in [0, 0.1) is 12.3 Å². The minimum absolute atomic E-state index is 0.216. The standard InChI is InChI=1S/C25H35BN2O5/c1-8-22(25(4,5)6)28(24(30)18-13-16(2)14-19(15-18)26(31)32)27-23(29)20-11-9-10-12-21(33-7)17(20)3/h9-11,13-15,22,31-32H,8,12H2,1-7H3,(H,27,29)/t22-/m1/s1. The predicted molar refractivity (Wildman–Crippen MR) is 130 cm³/mol. The minimum Gasteiger partial charge on any atom is -0.500 e. The molecule has 0 aromatic heterocycles. The Labute approximate surface area is 196 Å². The smallest absolute Gasteiger partial charge is 0.488 e. The van der Waals surface area contributed by atoms with E-state index >= 15 is 0 Å². The molecule has 1 aliphatic carbocycles. The first-order valence-electron chi connectivity index (χ1n) is 11.1. The molecule has 33 heavy (non-hydrogen) atoms. The Bertz CT molecular complexity index is 989. The molecule has 1 atom stereocenters. The van der Waals surface area contributed by atoms with Gasteiger partial charge in [-0.3, -0.25) is 15.0 Å². The molecule has 0 heterocycles. The van der Waals surface area contributed by atoms with Gasteiger partial charge in [0.05, 0.1) is 13.2 Å². The highest BCUT2D eigenvalue weighted by atomic mass is 16.5. The third-order valence-corrected chi connectivity index (χ3v) is 5.80. The third kappa shape index (κ3) is 6.36. The average molecular weight is 454 g/mol. The Morgan fingerprint density at radius 2 is 1.88 bits per heavy atom. The molecule has 0 saturated carbocycles. The van der Waals surface area contributed by atoms with Gasteiger partial charge in [-0.25, -0.2) is 5.01 Å². The van der Waals surface area contributed by atoms with Crippen LogP contribution in [-0.2, 0) is 9.53 Å². The van der Waals surface area contributed by atoms with Crippen LogP contribution >= 0.6 is 0 Å². The zero-order chi connectivity index (χ0) is 24.9. The molecular weight excluding hydrogens is 419 g/mol. The number of hydrogen-bond donors (Lipinski definition) is 3. The first-order chi connectivity index (χ1) is 15.4. The Morgan fingerprint density at radius 1 is 1.21 bits per heavy atom. The molecule has 1 aromatic rings. The van der Waals surface area contributed by atoms with Crippen LogP contribution in [0.15, 0.2) is 53.3 Å². The van der Waals surface area contributed by atoms with E-state index in [1.165, 1.54) is 11.1 Å². The Kier molecular flexibility index (Phi) is 8.69. The molecule has 0 spiro atoms. The number of aryl methyl sites for hydroxylation is 1. The van der Waals surface area contributed by atoms with E-state index in [2.05, 4.69) is 5.43 Å². The van der Waals surface area contributed by atoms with E-state index in [9.17, 15) is 19.6 Å². The minimum atomic E-state index is -1.70. The van der Waals surface area contributed by atoms with Gasteiger partial charge in [0.25, 0.3) is 11.8 Å². The number of ether oxygens (including phenoxy) is 1. The Hall–Kier alpha value is -2.84. The maximum absolute atomic E-state index is 13.7. The number of allylic oxidation sites excluding steroid dienone is 3. The van der Waals surface area contributed by atoms with Crippen LogP contribution in [0.4, 0.5) is 0 Å². The van der Waals surface area contributed by atoms with Crippen molar-refractivity contribution in [2.75, 3.05) is 7.11 Å². The summed E-state index contributed by atoms with van der Waals surface area (Å²) in [4.78, 5) is 27.1. The second-order valence-electron chi connectivity index (χ2n) is 9.38. The van der Waals surface area contributed by atoms with Crippen LogP contribution < -0.4 is 10.9 Å². The number of hydrogen-bond acceptors (Lipinski definition) is 5. The Balaban J connectivity index is 2.52. The van der Waals surface area contributed by atoms with Crippen LogP contribution in [0.5, 0.6) is 0 Å². The van der Waals surface area contributed by atoms with E-state index in [0.29, 0.717) is 35.3 Å². The van der Waals surface area contributed by atoms with Gasteiger partial charge < -0.3 is 14.8 Å². The number of nitrogens with zero attached hydrogens (tertiary/aromatic N) is 1. The molecule has 8 heteroatoms. The molecule has 178 valence electrons. The van der Waals surface area contributed by atoms with Crippen molar-refractivity contribution in [2.24, 2.45) is 5.41 Å². The molecule has 7 nitrogen and oxygen atoms in total. The molecule has 3 N–H and O–H groups in total. The molecule has 1 aliphatic rings. The summed E-state index contributed by atoms with van der Waals surface area (Å²) in [5.74, 6) is -0.153. The normalized spacial score (nSPS) is 14.9.